The van der Waals surface area contributed by atoms with Crippen molar-refractivity contribution in [2.75, 3.05) is 39.1 Å². The van der Waals surface area contributed by atoms with Gasteiger partial charge in [-0.1, -0.05) is 6.07 Å². The highest BCUT2D eigenvalue weighted by molar-refractivity contribution is 6.12. The summed E-state index contributed by atoms with van der Waals surface area (Å²) >= 11 is 0. The first kappa shape index (κ1) is 27.8. The Labute approximate surface area is 223 Å². The standard InChI is InChI=1S/C26H29F3N8O2/c1-36(2)10-8-31-15-17(14-30)18-12-19-22(13-20(18)26(27,28)29)39-11-4-3-9-37-16-32-35-24(37)21-6-5-7-23(33-21)34-25(19)38/h5-7,12-16H,3-4,8-11,30H2,1-2H3,(H,33,34,38). The number of nitrogens with two attached hydrogens (primary N) is 1. The molecule has 1 aliphatic heterocycles. The van der Waals surface area contributed by atoms with Crippen LogP contribution in [0.2, 0.25) is 0 Å². The molecule has 0 fully saturated rings. The predicted octanol–water partition coefficient (Wildman–Crippen LogP) is 3.72. The number of aryl methyl sites for hydroxylation is 1. The maximum Gasteiger partial charge on any atom is 0.417 e. The highest BCUT2D eigenvalue weighted by Gasteiger charge is 2.36. The van der Waals surface area contributed by atoms with Crippen LogP contribution in [-0.2, 0) is 12.7 Å². The molecule has 0 atom stereocenters. The molecule has 0 aliphatic carbocycles. The van der Waals surface area contributed by atoms with Gasteiger partial charge in [0, 0.05) is 31.1 Å². The van der Waals surface area contributed by atoms with E-state index in [1.165, 1.54) is 6.21 Å². The Morgan fingerprint density at radius 2 is 2.10 bits per heavy atom. The van der Waals surface area contributed by atoms with Crippen molar-refractivity contribution >= 4 is 23.5 Å². The molecule has 13 heteroatoms. The number of fused-ring (bicyclic) bond motifs is 5. The van der Waals surface area contributed by atoms with Gasteiger partial charge in [0.2, 0.25) is 0 Å². The maximum absolute atomic E-state index is 14.2. The van der Waals surface area contributed by atoms with Gasteiger partial charge >= 0.3 is 6.18 Å². The number of anilines is 1. The highest BCUT2D eigenvalue weighted by atomic mass is 19.4. The first-order valence-corrected chi connectivity index (χ1v) is 12.3. The number of aromatic nitrogens is 4. The summed E-state index contributed by atoms with van der Waals surface area (Å²) in [6.45, 7) is 1.62. The van der Waals surface area contributed by atoms with E-state index in [1.54, 1.807) is 24.5 Å². The van der Waals surface area contributed by atoms with Crippen LogP contribution in [0.5, 0.6) is 5.75 Å². The third kappa shape index (κ3) is 6.79. The van der Waals surface area contributed by atoms with Crippen molar-refractivity contribution in [3.63, 3.8) is 0 Å². The van der Waals surface area contributed by atoms with E-state index in [9.17, 15) is 18.0 Å². The summed E-state index contributed by atoms with van der Waals surface area (Å²) in [6.07, 6.45) is 0.313. The summed E-state index contributed by atoms with van der Waals surface area (Å²) in [7, 11) is 3.72. The molecule has 0 saturated heterocycles. The van der Waals surface area contributed by atoms with Crippen LogP contribution in [0.25, 0.3) is 17.1 Å². The molecule has 2 bridgehead atoms. The number of hydrogen-bond donors (Lipinski definition) is 2. The number of benzene rings is 1. The van der Waals surface area contributed by atoms with Crippen molar-refractivity contribution in [3.8, 4) is 17.3 Å². The molecule has 10 nitrogen and oxygen atoms in total. The van der Waals surface area contributed by atoms with Gasteiger partial charge in [0.1, 0.15) is 23.6 Å². The Balaban J connectivity index is 1.78. The van der Waals surface area contributed by atoms with E-state index in [4.69, 9.17) is 10.5 Å². The molecule has 2 aromatic heterocycles. The summed E-state index contributed by atoms with van der Waals surface area (Å²) in [5, 5.41) is 10.8. The summed E-state index contributed by atoms with van der Waals surface area (Å²) in [6, 6.07) is 6.98. The number of aliphatic imine (C=N–C) groups is 1. The predicted molar refractivity (Wildman–Crippen MR) is 141 cm³/mol. The fraction of sp³-hybridized carbons (Fsp3) is 0.346. The van der Waals surface area contributed by atoms with Crippen LogP contribution in [0.4, 0.5) is 19.0 Å². The number of halogens is 3. The molecule has 1 aliphatic rings. The fourth-order valence-electron chi connectivity index (χ4n) is 3.97. The van der Waals surface area contributed by atoms with E-state index in [0.717, 1.165) is 18.3 Å². The van der Waals surface area contributed by atoms with Gasteiger partial charge < -0.3 is 25.3 Å². The largest absolute Gasteiger partial charge is 0.493 e. The molecular formula is C26H29F3N8O2. The molecule has 1 amide bonds. The lowest BCUT2D eigenvalue weighted by molar-refractivity contribution is -0.137. The van der Waals surface area contributed by atoms with Crippen LogP contribution >= 0.6 is 0 Å². The monoisotopic (exact) mass is 542 g/mol. The Kier molecular flexibility index (Phi) is 8.59. The van der Waals surface area contributed by atoms with Crippen LogP contribution in [0, 0.1) is 0 Å². The zero-order chi connectivity index (χ0) is 28.0. The number of pyridine rings is 1. The van der Waals surface area contributed by atoms with Gasteiger partial charge in [-0.2, -0.15) is 13.2 Å². The molecule has 4 rings (SSSR count). The van der Waals surface area contributed by atoms with E-state index in [-0.39, 0.29) is 34.9 Å². The SMILES string of the molecule is CN(C)CCN=CC(=CN)c1cc2c(cc1C(F)(F)F)OCCCCn1cnnc1-c1cccc(n1)NC2=O. The lowest BCUT2D eigenvalue weighted by Gasteiger charge is -2.19. The van der Waals surface area contributed by atoms with Crippen molar-refractivity contribution in [1.29, 1.82) is 0 Å². The molecule has 206 valence electrons. The minimum absolute atomic E-state index is 0.0237. The first-order valence-electron chi connectivity index (χ1n) is 12.3. The number of nitrogens with zero attached hydrogens (tertiary/aromatic N) is 6. The molecule has 1 aromatic carbocycles. The van der Waals surface area contributed by atoms with E-state index in [2.05, 4.69) is 25.5 Å². The molecule has 3 aromatic rings. The Bertz CT molecular complexity index is 1380. The summed E-state index contributed by atoms with van der Waals surface area (Å²) in [5.74, 6) is -0.157. The fourth-order valence-corrected chi connectivity index (χ4v) is 3.97. The van der Waals surface area contributed by atoms with Gasteiger partial charge in [0.25, 0.3) is 5.91 Å². The van der Waals surface area contributed by atoms with Crippen LogP contribution in [0.3, 0.4) is 0 Å². The molecule has 39 heavy (non-hydrogen) atoms. The van der Waals surface area contributed by atoms with Crippen LogP contribution in [0.1, 0.15) is 34.3 Å². The van der Waals surface area contributed by atoms with Gasteiger partial charge in [0.05, 0.1) is 24.3 Å². The highest BCUT2D eigenvalue weighted by Crippen LogP contribution is 2.39. The van der Waals surface area contributed by atoms with E-state index in [1.807, 2.05) is 23.6 Å². The number of nitrogens with one attached hydrogen (secondary N) is 1. The second-order valence-electron chi connectivity index (χ2n) is 9.12. The van der Waals surface area contributed by atoms with Crippen molar-refractivity contribution < 1.29 is 22.7 Å². The molecule has 0 spiro atoms. The van der Waals surface area contributed by atoms with Crippen molar-refractivity contribution in [3.05, 3.63) is 59.5 Å². The number of alkyl halides is 3. The van der Waals surface area contributed by atoms with Crippen LogP contribution in [-0.4, -0.2) is 70.6 Å². The summed E-state index contributed by atoms with van der Waals surface area (Å²) in [5.41, 5.74) is 4.88. The molecule has 0 saturated carbocycles. The van der Waals surface area contributed by atoms with Gasteiger partial charge in [-0.3, -0.25) is 9.79 Å². The number of hydrogen-bond acceptors (Lipinski definition) is 8. The summed E-state index contributed by atoms with van der Waals surface area (Å²) < 4.78 is 50.2. The van der Waals surface area contributed by atoms with E-state index >= 15 is 0 Å². The third-order valence-corrected chi connectivity index (χ3v) is 5.95. The van der Waals surface area contributed by atoms with Crippen molar-refractivity contribution in [2.24, 2.45) is 10.7 Å². The van der Waals surface area contributed by atoms with Gasteiger partial charge in [-0.25, -0.2) is 4.98 Å². The van der Waals surface area contributed by atoms with Crippen molar-refractivity contribution in [2.45, 2.75) is 25.6 Å². The zero-order valence-electron chi connectivity index (χ0n) is 21.6. The zero-order valence-corrected chi connectivity index (χ0v) is 21.6. The number of rotatable bonds is 5. The molecular weight excluding hydrogens is 513 g/mol. The second-order valence-corrected chi connectivity index (χ2v) is 9.12. The maximum atomic E-state index is 14.2. The Morgan fingerprint density at radius 1 is 1.28 bits per heavy atom. The minimum Gasteiger partial charge on any atom is -0.493 e. The molecule has 3 N–H and O–H groups in total. The van der Waals surface area contributed by atoms with Gasteiger partial charge in [-0.05, 0) is 56.8 Å². The number of likely N-dealkylation sites (N-methyl/N-ethyl adjacent to an activating group) is 1. The van der Waals surface area contributed by atoms with Gasteiger partial charge in [-0.15, -0.1) is 10.2 Å². The Hall–Kier alpha value is -4.26. The van der Waals surface area contributed by atoms with E-state index in [0.29, 0.717) is 44.0 Å². The molecule has 0 unspecified atom stereocenters. The normalized spacial score (nSPS) is 14.9. The number of carbonyl (C=O) groups excluding carboxylic acids is 1. The second kappa shape index (κ2) is 12.1. The average molecular weight is 543 g/mol. The lowest BCUT2D eigenvalue weighted by Crippen LogP contribution is -2.19. The number of carbonyl (C=O) groups is 1. The first-order chi connectivity index (χ1) is 18.7. The molecule has 0 radical (unpaired) electrons. The third-order valence-electron chi connectivity index (χ3n) is 5.95. The number of allylic oxidation sites excluding steroid dienone is 1. The minimum atomic E-state index is -4.74. The Morgan fingerprint density at radius 3 is 2.85 bits per heavy atom. The lowest BCUT2D eigenvalue weighted by atomic mass is 9.96. The van der Waals surface area contributed by atoms with Crippen LogP contribution in [0.15, 0.2) is 47.9 Å². The smallest absolute Gasteiger partial charge is 0.417 e. The topological polar surface area (TPSA) is 124 Å². The number of amides is 1. The average Bonchev–Trinajstić information content (AvgIpc) is 3.36. The van der Waals surface area contributed by atoms with E-state index < -0.39 is 17.6 Å². The van der Waals surface area contributed by atoms with Crippen molar-refractivity contribution in [1.82, 2.24) is 24.6 Å². The quantitative estimate of drug-likeness (QED) is 0.471. The number of ether oxygens (including phenoxy) is 1. The molecule has 3 heterocycles. The van der Waals surface area contributed by atoms with Crippen LogP contribution < -0.4 is 15.8 Å². The summed E-state index contributed by atoms with van der Waals surface area (Å²) in [4.78, 5) is 24.0. The van der Waals surface area contributed by atoms with Gasteiger partial charge in [0.15, 0.2) is 5.82 Å².